The molecular weight excluding hydrogens is 288 g/mol. The molecule has 21 heavy (non-hydrogen) atoms. The van der Waals surface area contributed by atoms with Crippen LogP contribution in [0.25, 0.3) is 0 Å². The summed E-state index contributed by atoms with van der Waals surface area (Å²) in [7, 11) is -3.66. The second kappa shape index (κ2) is 6.50. The summed E-state index contributed by atoms with van der Waals surface area (Å²) in [5, 5.41) is 17.7. The monoisotopic (exact) mass is 302 g/mol. The molecule has 0 bridgehead atoms. The molecule has 2 aromatic carbocycles. The van der Waals surface area contributed by atoms with Gasteiger partial charge in [-0.25, -0.2) is 13.1 Å². The number of aliphatic hydroxyl groups is 1. The van der Waals surface area contributed by atoms with E-state index < -0.39 is 10.0 Å². The Bertz CT molecular complexity index is 762. The van der Waals surface area contributed by atoms with Crippen LogP contribution in [0, 0.1) is 11.3 Å². The molecule has 2 aromatic rings. The Hall–Kier alpha value is -2.20. The van der Waals surface area contributed by atoms with Crippen LogP contribution in [-0.4, -0.2) is 13.5 Å². The summed E-state index contributed by atoms with van der Waals surface area (Å²) >= 11 is 0. The van der Waals surface area contributed by atoms with E-state index in [4.69, 9.17) is 10.4 Å². The number of sulfonamides is 1. The van der Waals surface area contributed by atoms with Gasteiger partial charge >= 0.3 is 0 Å². The number of nitriles is 1. The first-order chi connectivity index (χ1) is 10.0. The standard InChI is InChI=1S/C15H14N2O3S/c16-9-14-2-1-3-15(8-14)21(19,20)17-10-12-4-6-13(11-18)7-5-12/h1-8,17-18H,10-11H2. The van der Waals surface area contributed by atoms with Crippen molar-refractivity contribution in [2.45, 2.75) is 18.0 Å². The van der Waals surface area contributed by atoms with E-state index in [2.05, 4.69) is 4.72 Å². The number of rotatable bonds is 5. The SMILES string of the molecule is N#Cc1cccc(S(=O)(=O)NCc2ccc(CO)cc2)c1. The van der Waals surface area contributed by atoms with Gasteiger partial charge in [-0.05, 0) is 29.3 Å². The summed E-state index contributed by atoms with van der Waals surface area (Å²) < 4.78 is 26.8. The molecule has 0 saturated heterocycles. The van der Waals surface area contributed by atoms with Crippen molar-refractivity contribution in [2.75, 3.05) is 0 Å². The maximum Gasteiger partial charge on any atom is 0.240 e. The van der Waals surface area contributed by atoms with Crippen molar-refractivity contribution in [3.8, 4) is 6.07 Å². The van der Waals surface area contributed by atoms with Crippen LogP contribution in [0.3, 0.4) is 0 Å². The largest absolute Gasteiger partial charge is 0.392 e. The molecule has 0 spiro atoms. The highest BCUT2D eigenvalue weighted by Crippen LogP contribution is 2.12. The highest BCUT2D eigenvalue weighted by molar-refractivity contribution is 7.89. The molecule has 5 nitrogen and oxygen atoms in total. The minimum atomic E-state index is -3.66. The minimum absolute atomic E-state index is 0.0487. The van der Waals surface area contributed by atoms with Crippen LogP contribution >= 0.6 is 0 Å². The number of benzene rings is 2. The van der Waals surface area contributed by atoms with Crippen LogP contribution in [0.4, 0.5) is 0 Å². The fraction of sp³-hybridized carbons (Fsp3) is 0.133. The van der Waals surface area contributed by atoms with Crippen LogP contribution in [0.15, 0.2) is 53.4 Å². The lowest BCUT2D eigenvalue weighted by Crippen LogP contribution is -2.23. The lowest BCUT2D eigenvalue weighted by Gasteiger charge is -2.07. The maximum atomic E-state index is 12.1. The van der Waals surface area contributed by atoms with E-state index in [1.54, 1.807) is 30.3 Å². The van der Waals surface area contributed by atoms with Crippen LogP contribution < -0.4 is 4.72 Å². The van der Waals surface area contributed by atoms with Crippen molar-refractivity contribution in [3.63, 3.8) is 0 Å². The van der Waals surface area contributed by atoms with Gasteiger partial charge in [-0.3, -0.25) is 0 Å². The first-order valence-corrected chi connectivity index (χ1v) is 7.72. The molecule has 2 rings (SSSR count). The topological polar surface area (TPSA) is 90.2 Å². The highest BCUT2D eigenvalue weighted by Gasteiger charge is 2.14. The third-order valence-corrected chi connectivity index (χ3v) is 4.34. The average Bonchev–Trinajstić information content (AvgIpc) is 2.53. The van der Waals surface area contributed by atoms with Gasteiger partial charge in [0, 0.05) is 6.54 Å². The molecule has 0 heterocycles. The van der Waals surface area contributed by atoms with Crippen molar-refractivity contribution in [1.29, 1.82) is 5.26 Å². The zero-order valence-electron chi connectivity index (χ0n) is 11.2. The fourth-order valence-electron chi connectivity index (χ4n) is 1.76. The molecule has 0 aliphatic carbocycles. The van der Waals surface area contributed by atoms with Gasteiger partial charge in [0.2, 0.25) is 10.0 Å². The lowest BCUT2D eigenvalue weighted by molar-refractivity contribution is 0.282. The predicted molar refractivity (Wildman–Crippen MR) is 77.5 cm³/mol. The lowest BCUT2D eigenvalue weighted by atomic mass is 10.1. The Morgan fingerprint density at radius 1 is 1.10 bits per heavy atom. The molecule has 6 heteroatoms. The first-order valence-electron chi connectivity index (χ1n) is 6.23. The van der Waals surface area contributed by atoms with Crippen LogP contribution in [-0.2, 0) is 23.2 Å². The van der Waals surface area contributed by atoms with Gasteiger partial charge in [0.15, 0.2) is 0 Å². The molecular formula is C15H14N2O3S. The maximum absolute atomic E-state index is 12.1. The van der Waals surface area contributed by atoms with Gasteiger partial charge in [0.05, 0.1) is 23.1 Å². The van der Waals surface area contributed by atoms with Gasteiger partial charge in [-0.1, -0.05) is 30.3 Å². The van der Waals surface area contributed by atoms with Gasteiger partial charge in [0.1, 0.15) is 0 Å². The van der Waals surface area contributed by atoms with E-state index in [1.165, 1.54) is 18.2 Å². The van der Waals surface area contributed by atoms with E-state index >= 15 is 0 Å². The second-order valence-corrected chi connectivity index (χ2v) is 6.21. The molecule has 0 atom stereocenters. The molecule has 2 N–H and O–H groups in total. The highest BCUT2D eigenvalue weighted by atomic mass is 32.2. The van der Waals surface area contributed by atoms with Gasteiger partial charge in [-0.2, -0.15) is 5.26 Å². The van der Waals surface area contributed by atoms with E-state index in [-0.39, 0.29) is 18.0 Å². The van der Waals surface area contributed by atoms with E-state index in [0.29, 0.717) is 5.56 Å². The van der Waals surface area contributed by atoms with Crippen molar-refractivity contribution in [1.82, 2.24) is 4.72 Å². The number of nitrogens with zero attached hydrogens (tertiary/aromatic N) is 1. The van der Waals surface area contributed by atoms with Crippen molar-refractivity contribution in [3.05, 3.63) is 65.2 Å². The number of hydrogen-bond acceptors (Lipinski definition) is 4. The number of nitrogens with one attached hydrogen (secondary N) is 1. The van der Waals surface area contributed by atoms with E-state index in [1.807, 2.05) is 6.07 Å². The smallest absolute Gasteiger partial charge is 0.240 e. The molecule has 0 amide bonds. The molecule has 108 valence electrons. The Kier molecular flexibility index (Phi) is 4.70. The molecule has 0 saturated carbocycles. The first kappa shape index (κ1) is 15.2. The zero-order valence-corrected chi connectivity index (χ0v) is 12.0. The van der Waals surface area contributed by atoms with Crippen LogP contribution in [0.5, 0.6) is 0 Å². The third-order valence-electron chi connectivity index (χ3n) is 2.95. The van der Waals surface area contributed by atoms with Crippen molar-refractivity contribution in [2.24, 2.45) is 0 Å². The molecule has 0 aromatic heterocycles. The normalized spacial score (nSPS) is 11.0. The summed E-state index contributed by atoms with van der Waals surface area (Å²) in [4.78, 5) is 0.0635. The summed E-state index contributed by atoms with van der Waals surface area (Å²) in [5.74, 6) is 0. The molecule has 0 aliphatic rings. The average molecular weight is 302 g/mol. The van der Waals surface area contributed by atoms with E-state index in [9.17, 15) is 8.42 Å². The third kappa shape index (κ3) is 3.89. The Balaban J connectivity index is 2.11. The van der Waals surface area contributed by atoms with E-state index in [0.717, 1.165) is 11.1 Å². The Morgan fingerprint density at radius 2 is 1.76 bits per heavy atom. The van der Waals surface area contributed by atoms with Gasteiger partial charge in [-0.15, -0.1) is 0 Å². The molecule has 0 radical (unpaired) electrons. The van der Waals surface area contributed by atoms with Crippen molar-refractivity contribution < 1.29 is 13.5 Å². The number of hydrogen-bond donors (Lipinski definition) is 2. The van der Waals surface area contributed by atoms with Crippen LogP contribution in [0.2, 0.25) is 0 Å². The molecule has 0 unspecified atom stereocenters. The Morgan fingerprint density at radius 3 is 2.38 bits per heavy atom. The second-order valence-electron chi connectivity index (χ2n) is 4.44. The van der Waals surface area contributed by atoms with Gasteiger partial charge < -0.3 is 5.11 Å². The summed E-state index contributed by atoms with van der Waals surface area (Å²) in [5.41, 5.74) is 1.85. The fourth-order valence-corrected chi connectivity index (χ4v) is 2.82. The van der Waals surface area contributed by atoms with Crippen LogP contribution in [0.1, 0.15) is 16.7 Å². The summed E-state index contributed by atoms with van der Waals surface area (Å²) in [6, 6.07) is 14.7. The number of aliphatic hydroxyl groups excluding tert-OH is 1. The predicted octanol–water partition coefficient (Wildman–Crippen LogP) is 1.53. The van der Waals surface area contributed by atoms with Gasteiger partial charge in [0.25, 0.3) is 0 Å². The summed E-state index contributed by atoms with van der Waals surface area (Å²) in [6.07, 6.45) is 0. The zero-order chi connectivity index (χ0) is 15.3. The summed E-state index contributed by atoms with van der Waals surface area (Å²) in [6.45, 7) is 0.0950. The Labute approximate surface area is 123 Å². The minimum Gasteiger partial charge on any atom is -0.392 e. The molecule has 0 fully saturated rings. The van der Waals surface area contributed by atoms with Crippen molar-refractivity contribution >= 4 is 10.0 Å². The molecule has 0 aliphatic heterocycles. The quantitative estimate of drug-likeness (QED) is 0.876.